The molecule has 0 aromatic heterocycles. The Bertz CT molecular complexity index is 1310. The normalized spacial score (nSPS) is 12.7. The number of urea groups is 1. The zero-order valence-corrected chi connectivity index (χ0v) is 19.6. The average Bonchev–Trinajstić information content (AvgIpc) is 2.92. The maximum atomic E-state index is 13.1. The summed E-state index contributed by atoms with van der Waals surface area (Å²) < 4.78 is 38.7. The van der Waals surface area contributed by atoms with Crippen LogP contribution >= 0.6 is 0 Å². The fourth-order valence-corrected chi connectivity index (χ4v) is 3.90. The van der Waals surface area contributed by atoms with E-state index in [2.05, 4.69) is 16.0 Å². The quantitative estimate of drug-likeness (QED) is 0.261. The Morgan fingerprint density at radius 3 is 1.54 bits per heavy atom. The van der Waals surface area contributed by atoms with E-state index in [4.69, 9.17) is 0 Å². The summed E-state index contributed by atoms with van der Waals surface area (Å²) >= 11 is 0. The summed E-state index contributed by atoms with van der Waals surface area (Å²) in [5, 5.41) is 8.51. The first-order valence-corrected chi connectivity index (χ1v) is 11.5. The van der Waals surface area contributed by atoms with E-state index in [-0.39, 0.29) is 11.6 Å². The highest BCUT2D eigenvalue weighted by atomic mass is 19.4. The third kappa shape index (κ3) is 6.76. The molecular weight excluding hydrogens is 479 g/mol. The zero-order chi connectivity index (χ0) is 26.3. The van der Waals surface area contributed by atoms with Gasteiger partial charge in [-0.1, -0.05) is 78.9 Å². The van der Waals surface area contributed by atoms with Gasteiger partial charge in [0.05, 0.1) is 17.6 Å². The van der Waals surface area contributed by atoms with Gasteiger partial charge < -0.3 is 16.0 Å². The highest BCUT2D eigenvalue weighted by molar-refractivity contribution is 5.94. The van der Waals surface area contributed by atoms with Crippen LogP contribution in [0, 0.1) is 0 Å². The fourth-order valence-electron chi connectivity index (χ4n) is 3.90. The number of benzene rings is 4. The molecule has 0 aliphatic carbocycles. The average molecular weight is 504 g/mol. The minimum atomic E-state index is -4.47. The molecule has 0 saturated carbocycles. The van der Waals surface area contributed by atoms with E-state index in [0.29, 0.717) is 5.56 Å². The SMILES string of the molecule is O=C(Nc1ccc(C(F)(F)F)cc1)N[C@H](c1ccccc1)[C@H](NC(=O)c1ccccc1)c1ccccc1. The molecule has 0 heterocycles. The minimum Gasteiger partial charge on any atom is -0.343 e. The third-order valence-corrected chi connectivity index (χ3v) is 5.73. The smallest absolute Gasteiger partial charge is 0.343 e. The van der Waals surface area contributed by atoms with E-state index in [0.717, 1.165) is 23.3 Å². The van der Waals surface area contributed by atoms with E-state index in [1.807, 2.05) is 66.7 Å². The van der Waals surface area contributed by atoms with Crippen LogP contribution in [0.3, 0.4) is 0 Å². The van der Waals surface area contributed by atoms with Gasteiger partial charge in [-0.2, -0.15) is 13.2 Å². The van der Waals surface area contributed by atoms with Crippen LogP contribution in [-0.2, 0) is 6.18 Å². The first-order chi connectivity index (χ1) is 17.8. The molecule has 4 rings (SSSR count). The zero-order valence-electron chi connectivity index (χ0n) is 19.6. The molecule has 0 radical (unpaired) electrons. The molecule has 37 heavy (non-hydrogen) atoms. The van der Waals surface area contributed by atoms with Gasteiger partial charge in [-0.3, -0.25) is 4.79 Å². The number of amides is 3. The number of carbonyl (C=O) groups excluding carboxylic acids is 2. The lowest BCUT2D eigenvalue weighted by atomic mass is 9.93. The van der Waals surface area contributed by atoms with Crippen molar-refractivity contribution in [2.45, 2.75) is 18.3 Å². The highest BCUT2D eigenvalue weighted by Crippen LogP contribution is 2.31. The van der Waals surface area contributed by atoms with Gasteiger partial charge in [-0.15, -0.1) is 0 Å². The molecule has 5 nitrogen and oxygen atoms in total. The summed E-state index contributed by atoms with van der Waals surface area (Å²) in [5.41, 5.74) is 1.34. The fraction of sp³-hybridized carbons (Fsp3) is 0.103. The molecule has 0 aliphatic heterocycles. The van der Waals surface area contributed by atoms with Crippen LogP contribution in [0.25, 0.3) is 0 Å². The van der Waals surface area contributed by atoms with Crippen LogP contribution in [0.5, 0.6) is 0 Å². The van der Waals surface area contributed by atoms with E-state index < -0.39 is 29.9 Å². The molecule has 188 valence electrons. The molecule has 0 spiro atoms. The molecule has 0 saturated heterocycles. The molecule has 0 bridgehead atoms. The van der Waals surface area contributed by atoms with Crippen LogP contribution < -0.4 is 16.0 Å². The molecule has 4 aromatic rings. The van der Waals surface area contributed by atoms with Crippen LogP contribution in [0.2, 0.25) is 0 Å². The van der Waals surface area contributed by atoms with Crippen molar-refractivity contribution in [3.8, 4) is 0 Å². The summed E-state index contributed by atoms with van der Waals surface area (Å²) in [6, 6.07) is 29.2. The summed E-state index contributed by atoms with van der Waals surface area (Å²) in [5.74, 6) is -0.319. The molecule has 0 fully saturated rings. The number of alkyl halides is 3. The van der Waals surface area contributed by atoms with Crippen molar-refractivity contribution < 1.29 is 22.8 Å². The molecule has 0 unspecified atom stereocenters. The summed E-state index contributed by atoms with van der Waals surface area (Å²) in [6.45, 7) is 0. The number of carbonyl (C=O) groups is 2. The number of hydrogen-bond donors (Lipinski definition) is 3. The minimum absolute atomic E-state index is 0.196. The van der Waals surface area contributed by atoms with Crippen molar-refractivity contribution >= 4 is 17.6 Å². The van der Waals surface area contributed by atoms with Crippen molar-refractivity contribution in [3.05, 3.63) is 138 Å². The third-order valence-electron chi connectivity index (χ3n) is 5.73. The van der Waals surface area contributed by atoms with Crippen LogP contribution in [0.15, 0.2) is 115 Å². The maximum Gasteiger partial charge on any atom is 0.416 e. The first kappa shape index (κ1) is 25.5. The Labute approximate surface area is 212 Å². The van der Waals surface area contributed by atoms with E-state index in [1.54, 1.807) is 24.3 Å². The lowest BCUT2D eigenvalue weighted by Crippen LogP contribution is -2.42. The number of anilines is 1. The van der Waals surface area contributed by atoms with Crippen molar-refractivity contribution in [1.82, 2.24) is 10.6 Å². The largest absolute Gasteiger partial charge is 0.416 e. The maximum absolute atomic E-state index is 13.1. The topological polar surface area (TPSA) is 70.2 Å². The number of hydrogen-bond acceptors (Lipinski definition) is 2. The number of halogens is 3. The second kappa shape index (κ2) is 11.4. The first-order valence-electron chi connectivity index (χ1n) is 11.5. The van der Waals surface area contributed by atoms with Crippen molar-refractivity contribution in [3.63, 3.8) is 0 Å². The van der Waals surface area contributed by atoms with Gasteiger partial charge in [0, 0.05) is 11.3 Å². The molecule has 4 aromatic carbocycles. The summed E-state index contributed by atoms with van der Waals surface area (Å²) in [4.78, 5) is 26.1. The van der Waals surface area contributed by atoms with Crippen molar-refractivity contribution in [1.29, 1.82) is 0 Å². The second-order valence-electron chi connectivity index (χ2n) is 8.29. The standard InChI is InChI=1S/C29H24F3N3O2/c30-29(31,32)23-16-18-24(19-17-23)33-28(37)35-26(21-12-6-2-7-13-21)25(20-10-4-1-5-11-20)34-27(36)22-14-8-3-9-15-22/h1-19,25-26H,(H,34,36)(H2,33,35,37)/t25-,26-/m1/s1. The van der Waals surface area contributed by atoms with Crippen LogP contribution in [-0.4, -0.2) is 11.9 Å². The lowest BCUT2D eigenvalue weighted by molar-refractivity contribution is -0.137. The number of rotatable bonds is 7. The Morgan fingerprint density at radius 1 is 0.595 bits per heavy atom. The molecule has 3 amide bonds. The summed E-state index contributed by atoms with van der Waals surface area (Å²) in [6.07, 6.45) is -4.47. The Balaban J connectivity index is 1.62. The van der Waals surface area contributed by atoms with Crippen molar-refractivity contribution in [2.75, 3.05) is 5.32 Å². The lowest BCUT2D eigenvalue weighted by Gasteiger charge is -2.30. The Morgan fingerprint density at radius 2 is 1.05 bits per heavy atom. The Hall–Kier alpha value is -4.59. The van der Waals surface area contributed by atoms with Gasteiger partial charge in [0.15, 0.2) is 0 Å². The van der Waals surface area contributed by atoms with Crippen LogP contribution in [0.4, 0.5) is 23.7 Å². The predicted molar refractivity (Wildman–Crippen MR) is 136 cm³/mol. The van der Waals surface area contributed by atoms with Crippen molar-refractivity contribution in [2.24, 2.45) is 0 Å². The molecule has 0 aliphatic rings. The Kier molecular flexibility index (Phi) is 7.88. The molecule has 2 atom stereocenters. The van der Waals surface area contributed by atoms with Gasteiger partial charge in [0.1, 0.15) is 0 Å². The second-order valence-corrected chi connectivity index (χ2v) is 8.29. The molecular formula is C29H24F3N3O2. The van der Waals surface area contributed by atoms with Gasteiger partial charge in [-0.05, 0) is 47.5 Å². The van der Waals surface area contributed by atoms with Crippen LogP contribution in [0.1, 0.15) is 39.1 Å². The monoisotopic (exact) mass is 503 g/mol. The van der Waals surface area contributed by atoms with E-state index in [1.165, 1.54) is 12.1 Å². The van der Waals surface area contributed by atoms with Gasteiger partial charge in [0.2, 0.25) is 0 Å². The van der Waals surface area contributed by atoms with Gasteiger partial charge >= 0.3 is 12.2 Å². The van der Waals surface area contributed by atoms with E-state index in [9.17, 15) is 22.8 Å². The van der Waals surface area contributed by atoms with Gasteiger partial charge in [-0.25, -0.2) is 4.79 Å². The molecule has 8 heteroatoms. The molecule has 3 N–H and O–H groups in total. The predicted octanol–water partition coefficient (Wildman–Crippen LogP) is 6.74. The highest BCUT2D eigenvalue weighted by Gasteiger charge is 2.31. The summed E-state index contributed by atoms with van der Waals surface area (Å²) in [7, 11) is 0. The van der Waals surface area contributed by atoms with Gasteiger partial charge in [0.25, 0.3) is 5.91 Å². The van der Waals surface area contributed by atoms with E-state index >= 15 is 0 Å². The number of nitrogens with one attached hydrogen (secondary N) is 3.